The van der Waals surface area contributed by atoms with Gasteiger partial charge in [0.25, 0.3) is 0 Å². The van der Waals surface area contributed by atoms with Crippen LogP contribution in [0.5, 0.6) is 0 Å². The average molecular weight is 230 g/mol. The Labute approximate surface area is 101 Å². The second kappa shape index (κ2) is 7.29. The first-order valence-electron chi connectivity index (χ1n) is 6.94. The molecular formula is C14H30O2. The maximum absolute atomic E-state index is 10.4. The summed E-state index contributed by atoms with van der Waals surface area (Å²) in [6.45, 7) is 8.39. The van der Waals surface area contributed by atoms with Crippen molar-refractivity contribution < 1.29 is 10.2 Å². The first kappa shape index (κ1) is 15.9. The molecule has 0 radical (unpaired) electrons. The van der Waals surface area contributed by atoms with Gasteiger partial charge in [-0.3, -0.25) is 0 Å². The number of rotatable bonds is 9. The fourth-order valence-electron chi connectivity index (χ4n) is 3.03. The minimum absolute atomic E-state index is 0.290. The molecular weight excluding hydrogens is 200 g/mol. The summed E-state index contributed by atoms with van der Waals surface area (Å²) in [5.41, 5.74) is -0.290. The Morgan fingerprint density at radius 3 is 1.19 bits per heavy atom. The molecule has 0 rings (SSSR count). The Kier molecular flexibility index (Phi) is 7.25. The zero-order chi connectivity index (χ0) is 12.7. The molecule has 0 bridgehead atoms. The predicted molar refractivity (Wildman–Crippen MR) is 69.2 cm³/mol. The fourth-order valence-corrected chi connectivity index (χ4v) is 3.03. The van der Waals surface area contributed by atoms with Gasteiger partial charge in [0.15, 0.2) is 5.79 Å². The van der Waals surface area contributed by atoms with E-state index in [-0.39, 0.29) is 5.41 Å². The molecule has 16 heavy (non-hydrogen) atoms. The monoisotopic (exact) mass is 230 g/mol. The molecule has 0 aliphatic carbocycles. The van der Waals surface area contributed by atoms with Crippen molar-refractivity contribution in [1.29, 1.82) is 0 Å². The molecule has 0 aromatic carbocycles. The van der Waals surface area contributed by atoms with Crippen molar-refractivity contribution in [3.8, 4) is 0 Å². The third-order valence-corrected chi connectivity index (χ3v) is 3.63. The van der Waals surface area contributed by atoms with E-state index in [0.717, 1.165) is 44.9 Å². The second-order valence-corrected chi connectivity index (χ2v) is 5.10. The molecule has 0 atom stereocenters. The molecule has 2 N–H and O–H groups in total. The van der Waals surface area contributed by atoms with Crippen molar-refractivity contribution in [2.24, 2.45) is 5.41 Å². The molecule has 2 heteroatoms. The quantitative estimate of drug-likeness (QED) is 0.591. The summed E-state index contributed by atoms with van der Waals surface area (Å²) in [7, 11) is 0. The van der Waals surface area contributed by atoms with Crippen molar-refractivity contribution in [3.05, 3.63) is 0 Å². The van der Waals surface area contributed by atoms with Crippen molar-refractivity contribution >= 4 is 0 Å². The van der Waals surface area contributed by atoms with Gasteiger partial charge in [0.1, 0.15) is 0 Å². The summed E-state index contributed by atoms with van der Waals surface area (Å²) in [6, 6.07) is 0. The lowest BCUT2D eigenvalue weighted by Gasteiger charge is -2.44. The van der Waals surface area contributed by atoms with Crippen molar-refractivity contribution in [1.82, 2.24) is 0 Å². The van der Waals surface area contributed by atoms with E-state index < -0.39 is 5.79 Å². The standard InChI is InChI=1S/C14H30O2/c1-5-9-13(10-6-2,11-7-3)14(15,16)12-8-4/h15-16H,5-12H2,1-4H3. The Hall–Kier alpha value is -0.0800. The maximum atomic E-state index is 10.4. The molecule has 0 unspecified atom stereocenters. The van der Waals surface area contributed by atoms with Crippen LogP contribution in [-0.4, -0.2) is 16.0 Å². The van der Waals surface area contributed by atoms with Crippen LogP contribution in [0.3, 0.4) is 0 Å². The third kappa shape index (κ3) is 3.74. The van der Waals surface area contributed by atoms with Gasteiger partial charge in [-0.2, -0.15) is 0 Å². The lowest BCUT2D eigenvalue weighted by molar-refractivity contribution is -0.255. The van der Waals surface area contributed by atoms with E-state index in [1.54, 1.807) is 0 Å². The molecule has 0 aromatic heterocycles. The number of hydrogen-bond donors (Lipinski definition) is 2. The van der Waals surface area contributed by atoms with Gasteiger partial charge in [-0.1, -0.05) is 53.4 Å². The molecule has 2 nitrogen and oxygen atoms in total. The Bertz CT molecular complexity index is 159. The SMILES string of the molecule is CCCC(O)(O)C(CCC)(CCC)CCC. The maximum Gasteiger partial charge on any atom is 0.168 e. The van der Waals surface area contributed by atoms with Crippen molar-refractivity contribution in [2.75, 3.05) is 0 Å². The van der Waals surface area contributed by atoms with E-state index in [2.05, 4.69) is 20.8 Å². The summed E-state index contributed by atoms with van der Waals surface area (Å²) in [5, 5.41) is 20.7. The topological polar surface area (TPSA) is 40.5 Å². The Balaban J connectivity index is 4.96. The molecule has 0 saturated heterocycles. The van der Waals surface area contributed by atoms with Gasteiger partial charge in [0.2, 0.25) is 0 Å². The van der Waals surface area contributed by atoms with E-state index in [0.29, 0.717) is 6.42 Å². The minimum atomic E-state index is -1.48. The highest BCUT2D eigenvalue weighted by Crippen LogP contribution is 2.45. The first-order valence-corrected chi connectivity index (χ1v) is 6.94. The molecule has 0 aromatic rings. The molecule has 0 fully saturated rings. The minimum Gasteiger partial charge on any atom is -0.365 e. The molecule has 0 amide bonds. The summed E-state index contributed by atoms with van der Waals surface area (Å²) in [5.74, 6) is -1.48. The number of hydrogen-bond acceptors (Lipinski definition) is 2. The molecule has 0 spiro atoms. The van der Waals surface area contributed by atoms with Crippen LogP contribution in [-0.2, 0) is 0 Å². The summed E-state index contributed by atoms with van der Waals surface area (Å²) in [4.78, 5) is 0. The average Bonchev–Trinajstić information content (AvgIpc) is 2.18. The summed E-state index contributed by atoms with van der Waals surface area (Å²) < 4.78 is 0. The van der Waals surface area contributed by atoms with E-state index >= 15 is 0 Å². The normalized spacial score (nSPS) is 13.1. The van der Waals surface area contributed by atoms with E-state index in [1.165, 1.54) is 0 Å². The van der Waals surface area contributed by atoms with Gasteiger partial charge >= 0.3 is 0 Å². The highest BCUT2D eigenvalue weighted by molar-refractivity contribution is 4.90. The fraction of sp³-hybridized carbons (Fsp3) is 1.00. The molecule has 98 valence electrons. The van der Waals surface area contributed by atoms with Crippen LogP contribution in [0.1, 0.15) is 79.1 Å². The van der Waals surface area contributed by atoms with Gasteiger partial charge in [-0.25, -0.2) is 0 Å². The molecule has 0 aliphatic heterocycles. The second-order valence-electron chi connectivity index (χ2n) is 5.10. The number of aliphatic hydroxyl groups is 2. The molecule has 0 aliphatic rings. The first-order chi connectivity index (χ1) is 7.49. The highest BCUT2D eigenvalue weighted by atomic mass is 16.5. The Morgan fingerprint density at radius 1 is 0.625 bits per heavy atom. The van der Waals surface area contributed by atoms with Gasteiger partial charge in [0.05, 0.1) is 0 Å². The zero-order valence-electron chi connectivity index (χ0n) is 11.6. The largest absolute Gasteiger partial charge is 0.365 e. The Morgan fingerprint density at radius 2 is 0.938 bits per heavy atom. The van der Waals surface area contributed by atoms with Crippen molar-refractivity contribution in [3.63, 3.8) is 0 Å². The van der Waals surface area contributed by atoms with Crippen LogP contribution < -0.4 is 0 Å². The van der Waals surface area contributed by atoms with Crippen LogP contribution in [0.25, 0.3) is 0 Å². The van der Waals surface area contributed by atoms with Crippen LogP contribution in [0.15, 0.2) is 0 Å². The lowest BCUT2D eigenvalue weighted by Crippen LogP contribution is -2.48. The van der Waals surface area contributed by atoms with Gasteiger partial charge < -0.3 is 10.2 Å². The van der Waals surface area contributed by atoms with Crippen molar-refractivity contribution in [2.45, 2.75) is 84.8 Å². The van der Waals surface area contributed by atoms with Crippen LogP contribution in [0.2, 0.25) is 0 Å². The van der Waals surface area contributed by atoms with Gasteiger partial charge in [0, 0.05) is 11.8 Å². The van der Waals surface area contributed by atoms with E-state index in [4.69, 9.17) is 0 Å². The van der Waals surface area contributed by atoms with Gasteiger partial charge in [-0.05, 0) is 19.3 Å². The predicted octanol–water partition coefficient (Wildman–Crippen LogP) is 3.85. The van der Waals surface area contributed by atoms with E-state index in [9.17, 15) is 10.2 Å². The molecule has 0 heterocycles. The van der Waals surface area contributed by atoms with Crippen LogP contribution in [0.4, 0.5) is 0 Å². The molecule has 0 saturated carbocycles. The lowest BCUT2D eigenvalue weighted by atomic mass is 9.68. The highest BCUT2D eigenvalue weighted by Gasteiger charge is 2.46. The van der Waals surface area contributed by atoms with Crippen LogP contribution in [0, 0.1) is 5.41 Å². The summed E-state index contributed by atoms with van der Waals surface area (Å²) >= 11 is 0. The van der Waals surface area contributed by atoms with Gasteiger partial charge in [-0.15, -0.1) is 0 Å². The third-order valence-electron chi connectivity index (χ3n) is 3.63. The smallest absolute Gasteiger partial charge is 0.168 e. The summed E-state index contributed by atoms with van der Waals surface area (Å²) in [6.07, 6.45) is 7.13. The zero-order valence-corrected chi connectivity index (χ0v) is 11.6. The van der Waals surface area contributed by atoms with Crippen LogP contribution >= 0.6 is 0 Å². The van der Waals surface area contributed by atoms with E-state index in [1.807, 2.05) is 6.92 Å².